The standard InChI is InChI=1S/C15H20N2O/c1-16-10-13-11-17(8-7-14(13)15(16)18)9-12-5-3-2-4-6-12/h2-6,13-14H,7-11H2,1H3. The van der Waals surface area contributed by atoms with Crippen molar-refractivity contribution in [2.75, 3.05) is 26.7 Å². The molecule has 18 heavy (non-hydrogen) atoms. The van der Waals surface area contributed by atoms with E-state index in [0.717, 1.165) is 32.6 Å². The first kappa shape index (κ1) is 11.7. The molecule has 3 rings (SSSR count). The van der Waals surface area contributed by atoms with Crippen molar-refractivity contribution in [3.8, 4) is 0 Å². The number of rotatable bonds is 2. The van der Waals surface area contributed by atoms with Crippen molar-refractivity contribution in [2.24, 2.45) is 11.8 Å². The molecule has 0 aromatic heterocycles. The Balaban J connectivity index is 1.63. The molecule has 1 aromatic rings. The van der Waals surface area contributed by atoms with Crippen LogP contribution in [0.5, 0.6) is 0 Å². The zero-order chi connectivity index (χ0) is 12.5. The van der Waals surface area contributed by atoms with Gasteiger partial charge < -0.3 is 4.90 Å². The summed E-state index contributed by atoms with van der Waals surface area (Å²) in [6, 6.07) is 10.6. The van der Waals surface area contributed by atoms with Crippen LogP contribution >= 0.6 is 0 Å². The van der Waals surface area contributed by atoms with Crippen LogP contribution in [0, 0.1) is 11.8 Å². The summed E-state index contributed by atoms with van der Waals surface area (Å²) < 4.78 is 0. The van der Waals surface area contributed by atoms with Crippen molar-refractivity contribution in [2.45, 2.75) is 13.0 Å². The first-order valence-corrected chi connectivity index (χ1v) is 6.75. The Bertz CT molecular complexity index is 431. The Hall–Kier alpha value is -1.35. The van der Waals surface area contributed by atoms with E-state index in [1.807, 2.05) is 11.9 Å². The van der Waals surface area contributed by atoms with Gasteiger partial charge in [0.15, 0.2) is 0 Å². The Morgan fingerprint density at radius 2 is 2.00 bits per heavy atom. The van der Waals surface area contributed by atoms with Gasteiger partial charge in [0.05, 0.1) is 0 Å². The van der Waals surface area contributed by atoms with E-state index in [9.17, 15) is 4.79 Å². The number of nitrogens with zero attached hydrogens (tertiary/aromatic N) is 2. The average molecular weight is 244 g/mol. The molecule has 0 saturated carbocycles. The van der Waals surface area contributed by atoms with Crippen LogP contribution in [-0.2, 0) is 11.3 Å². The van der Waals surface area contributed by atoms with Crippen molar-refractivity contribution in [3.63, 3.8) is 0 Å². The van der Waals surface area contributed by atoms with E-state index >= 15 is 0 Å². The minimum absolute atomic E-state index is 0.294. The summed E-state index contributed by atoms with van der Waals surface area (Å²) in [7, 11) is 1.93. The number of hydrogen-bond donors (Lipinski definition) is 0. The molecular formula is C15H20N2O. The number of carbonyl (C=O) groups excluding carboxylic acids is 1. The molecule has 2 atom stereocenters. The summed E-state index contributed by atoms with van der Waals surface area (Å²) in [6.07, 6.45) is 1.03. The molecule has 0 spiro atoms. The summed E-state index contributed by atoms with van der Waals surface area (Å²) in [4.78, 5) is 16.3. The van der Waals surface area contributed by atoms with E-state index in [1.165, 1.54) is 5.56 Å². The Labute approximate surface area is 108 Å². The number of piperidine rings is 1. The lowest BCUT2D eigenvalue weighted by Gasteiger charge is -2.33. The van der Waals surface area contributed by atoms with Crippen molar-refractivity contribution in [1.82, 2.24) is 9.80 Å². The van der Waals surface area contributed by atoms with Gasteiger partial charge in [-0.15, -0.1) is 0 Å². The number of amides is 1. The monoisotopic (exact) mass is 244 g/mol. The molecule has 96 valence electrons. The quantitative estimate of drug-likeness (QED) is 0.789. The molecule has 2 aliphatic heterocycles. The van der Waals surface area contributed by atoms with Gasteiger partial charge in [-0.05, 0) is 18.5 Å². The fourth-order valence-electron chi connectivity index (χ4n) is 3.33. The van der Waals surface area contributed by atoms with Gasteiger partial charge in [-0.3, -0.25) is 9.69 Å². The lowest BCUT2D eigenvalue weighted by molar-refractivity contribution is -0.130. The molecule has 2 heterocycles. The average Bonchev–Trinajstić information content (AvgIpc) is 2.66. The fourth-order valence-corrected chi connectivity index (χ4v) is 3.33. The van der Waals surface area contributed by atoms with Crippen molar-refractivity contribution >= 4 is 5.91 Å². The maximum Gasteiger partial charge on any atom is 0.225 e. The van der Waals surface area contributed by atoms with E-state index in [1.54, 1.807) is 0 Å². The molecule has 2 saturated heterocycles. The second kappa shape index (κ2) is 4.73. The highest BCUT2D eigenvalue weighted by Gasteiger charge is 2.41. The molecule has 2 aliphatic rings. The van der Waals surface area contributed by atoms with E-state index in [0.29, 0.717) is 17.7 Å². The minimum Gasteiger partial charge on any atom is -0.345 e. The van der Waals surface area contributed by atoms with Crippen LogP contribution in [0.15, 0.2) is 30.3 Å². The Kier molecular flexibility index (Phi) is 3.08. The van der Waals surface area contributed by atoms with E-state index in [2.05, 4.69) is 35.2 Å². The summed E-state index contributed by atoms with van der Waals surface area (Å²) >= 11 is 0. The third-order valence-corrected chi connectivity index (χ3v) is 4.27. The summed E-state index contributed by atoms with van der Waals surface area (Å²) in [5, 5.41) is 0. The molecule has 3 nitrogen and oxygen atoms in total. The lowest BCUT2D eigenvalue weighted by atomic mass is 9.88. The summed E-state index contributed by atoms with van der Waals surface area (Å²) in [6.45, 7) is 4.07. The highest BCUT2D eigenvalue weighted by Crippen LogP contribution is 2.31. The van der Waals surface area contributed by atoms with Crippen molar-refractivity contribution in [3.05, 3.63) is 35.9 Å². The van der Waals surface area contributed by atoms with Gasteiger partial charge in [-0.2, -0.15) is 0 Å². The molecule has 2 fully saturated rings. The van der Waals surface area contributed by atoms with E-state index < -0.39 is 0 Å². The maximum atomic E-state index is 11.9. The highest BCUT2D eigenvalue weighted by atomic mass is 16.2. The molecule has 0 aliphatic carbocycles. The molecule has 1 amide bonds. The molecule has 0 N–H and O–H groups in total. The van der Waals surface area contributed by atoms with Gasteiger partial charge >= 0.3 is 0 Å². The predicted octanol–water partition coefficient (Wildman–Crippen LogP) is 1.60. The first-order valence-electron chi connectivity index (χ1n) is 6.75. The third kappa shape index (κ3) is 2.15. The zero-order valence-corrected chi connectivity index (χ0v) is 10.9. The van der Waals surface area contributed by atoms with Gasteiger partial charge in [0.2, 0.25) is 5.91 Å². The summed E-state index contributed by atoms with van der Waals surface area (Å²) in [5.41, 5.74) is 1.37. The predicted molar refractivity (Wildman–Crippen MR) is 71.0 cm³/mol. The largest absolute Gasteiger partial charge is 0.345 e. The number of hydrogen-bond acceptors (Lipinski definition) is 2. The molecule has 0 bridgehead atoms. The second-order valence-electron chi connectivity index (χ2n) is 5.59. The van der Waals surface area contributed by atoms with Gasteiger partial charge in [0, 0.05) is 38.5 Å². The van der Waals surface area contributed by atoms with Crippen LogP contribution in [0.3, 0.4) is 0 Å². The summed E-state index contributed by atoms with van der Waals surface area (Å²) in [5.74, 6) is 1.20. The topological polar surface area (TPSA) is 23.6 Å². The third-order valence-electron chi connectivity index (χ3n) is 4.27. The molecule has 2 unspecified atom stereocenters. The highest BCUT2D eigenvalue weighted by molar-refractivity contribution is 5.81. The molecule has 1 aromatic carbocycles. The first-order chi connectivity index (χ1) is 8.74. The van der Waals surface area contributed by atoms with Crippen LogP contribution in [0.25, 0.3) is 0 Å². The molecular weight excluding hydrogens is 224 g/mol. The van der Waals surface area contributed by atoms with E-state index in [-0.39, 0.29) is 0 Å². The van der Waals surface area contributed by atoms with Crippen LogP contribution < -0.4 is 0 Å². The normalized spacial score (nSPS) is 28.5. The SMILES string of the molecule is CN1CC2CN(Cc3ccccc3)CCC2C1=O. The zero-order valence-electron chi connectivity index (χ0n) is 10.9. The fraction of sp³-hybridized carbons (Fsp3) is 0.533. The van der Waals surface area contributed by atoms with Gasteiger partial charge in [0.25, 0.3) is 0 Å². The number of likely N-dealkylation sites (tertiary alicyclic amines) is 2. The van der Waals surface area contributed by atoms with Crippen molar-refractivity contribution in [1.29, 1.82) is 0 Å². The Morgan fingerprint density at radius 3 is 2.78 bits per heavy atom. The van der Waals surface area contributed by atoms with Gasteiger partial charge in [-0.1, -0.05) is 30.3 Å². The Morgan fingerprint density at radius 1 is 1.22 bits per heavy atom. The van der Waals surface area contributed by atoms with Crippen LogP contribution in [0.1, 0.15) is 12.0 Å². The molecule has 0 radical (unpaired) electrons. The van der Waals surface area contributed by atoms with Crippen molar-refractivity contribution < 1.29 is 4.79 Å². The maximum absolute atomic E-state index is 11.9. The minimum atomic E-state index is 0.294. The van der Waals surface area contributed by atoms with Crippen LogP contribution in [0.2, 0.25) is 0 Å². The van der Waals surface area contributed by atoms with Gasteiger partial charge in [-0.25, -0.2) is 0 Å². The van der Waals surface area contributed by atoms with Crippen LogP contribution in [0.4, 0.5) is 0 Å². The lowest BCUT2D eigenvalue weighted by Crippen LogP contribution is -2.40. The smallest absolute Gasteiger partial charge is 0.225 e. The van der Waals surface area contributed by atoms with E-state index in [4.69, 9.17) is 0 Å². The van der Waals surface area contributed by atoms with Crippen LogP contribution in [-0.4, -0.2) is 42.4 Å². The number of carbonyl (C=O) groups is 1. The van der Waals surface area contributed by atoms with Gasteiger partial charge in [0.1, 0.15) is 0 Å². The number of benzene rings is 1. The number of fused-ring (bicyclic) bond motifs is 1. The second-order valence-corrected chi connectivity index (χ2v) is 5.59. The molecule has 3 heteroatoms.